The zero-order chi connectivity index (χ0) is 19.6. The number of pyridine rings is 1. The lowest BCUT2D eigenvalue weighted by molar-refractivity contribution is 0.0729. The summed E-state index contributed by atoms with van der Waals surface area (Å²) >= 11 is 0. The molecule has 0 aliphatic heterocycles. The summed E-state index contributed by atoms with van der Waals surface area (Å²) < 4.78 is 28.2. The quantitative estimate of drug-likeness (QED) is 0.776. The topological polar surface area (TPSA) is 79.4 Å². The van der Waals surface area contributed by atoms with Crippen LogP contribution in [0.25, 0.3) is 0 Å². The van der Waals surface area contributed by atoms with Gasteiger partial charge in [-0.15, -0.1) is 0 Å². The Morgan fingerprint density at radius 1 is 1.07 bits per heavy atom. The fourth-order valence-electron chi connectivity index (χ4n) is 3.73. The van der Waals surface area contributed by atoms with Crippen molar-refractivity contribution < 1.29 is 13.2 Å². The van der Waals surface area contributed by atoms with Crippen molar-refractivity contribution in [1.29, 1.82) is 0 Å². The molecule has 148 valence electrons. The van der Waals surface area contributed by atoms with E-state index in [2.05, 4.69) is 9.71 Å². The van der Waals surface area contributed by atoms with Gasteiger partial charge in [-0.1, -0.05) is 18.9 Å². The van der Waals surface area contributed by atoms with Crippen molar-refractivity contribution in [2.75, 3.05) is 0 Å². The van der Waals surface area contributed by atoms with Gasteiger partial charge in [0.15, 0.2) is 0 Å². The molecule has 2 aliphatic rings. The number of nitrogens with zero attached hydrogens (tertiary/aromatic N) is 2. The van der Waals surface area contributed by atoms with Crippen molar-refractivity contribution in [2.24, 2.45) is 0 Å². The summed E-state index contributed by atoms with van der Waals surface area (Å²) in [6.07, 6.45) is 9.25. The van der Waals surface area contributed by atoms with Gasteiger partial charge in [0.1, 0.15) is 0 Å². The van der Waals surface area contributed by atoms with Gasteiger partial charge in [-0.05, 0) is 61.6 Å². The molecule has 2 saturated carbocycles. The lowest BCUT2D eigenvalue weighted by Crippen LogP contribution is -2.34. The normalized spacial score (nSPS) is 17.6. The van der Waals surface area contributed by atoms with Crippen LogP contribution in [0.5, 0.6) is 0 Å². The number of benzene rings is 1. The molecule has 0 bridgehead atoms. The van der Waals surface area contributed by atoms with Gasteiger partial charge in [-0.2, -0.15) is 0 Å². The molecule has 2 fully saturated rings. The Morgan fingerprint density at radius 3 is 2.46 bits per heavy atom. The lowest BCUT2D eigenvalue weighted by Gasteiger charge is -2.23. The van der Waals surface area contributed by atoms with Gasteiger partial charge in [0, 0.05) is 36.6 Å². The maximum atomic E-state index is 13.1. The fraction of sp³-hybridized carbons (Fsp3) is 0.429. The summed E-state index contributed by atoms with van der Waals surface area (Å²) in [4.78, 5) is 19.2. The van der Waals surface area contributed by atoms with Crippen LogP contribution < -0.4 is 4.72 Å². The highest BCUT2D eigenvalue weighted by Crippen LogP contribution is 2.30. The molecule has 1 aromatic carbocycles. The van der Waals surface area contributed by atoms with E-state index in [1.54, 1.807) is 30.6 Å². The first-order valence-corrected chi connectivity index (χ1v) is 11.3. The first-order valence-electron chi connectivity index (χ1n) is 9.85. The molecular formula is C21H25N3O3S. The maximum absolute atomic E-state index is 13.1. The van der Waals surface area contributed by atoms with Gasteiger partial charge in [0.05, 0.1) is 4.90 Å². The molecule has 0 spiro atoms. The Balaban J connectivity index is 1.54. The monoisotopic (exact) mass is 399 g/mol. The number of carbonyl (C=O) groups is 1. The van der Waals surface area contributed by atoms with E-state index in [4.69, 9.17) is 0 Å². The largest absolute Gasteiger partial charge is 0.331 e. The Hall–Kier alpha value is -2.25. The van der Waals surface area contributed by atoms with Crippen LogP contribution in [-0.2, 0) is 16.6 Å². The number of amides is 1. The van der Waals surface area contributed by atoms with E-state index in [1.165, 1.54) is 6.07 Å². The van der Waals surface area contributed by atoms with Gasteiger partial charge in [0.25, 0.3) is 5.91 Å². The van der Waals surface area contributed by atoms with Crippen LogP contribution in [0, 0.1) is 0 Å². The minimum atomic E-state index is -3.62. The average Bonchev–Trinajstić information content (AvgIpc) is 3.43. The molecule has 7 heteroatoms. The number of sulfonamides is 1. The van der Waals surface area contributed by atoms with E-state index in [0.29, 0.717) is 12.1 Å². The average molecular weight is 400 g/mol. The lowest BCUT2D eigenvalue weighted by atomic mass is 10.1. The smallest absolute Gasteiger partial charge is 0.254 e. The Labute approximate surface area is 166 Å². The molecule has 28 heavy (non-hydrogen) atoms. The van der Waals surface area contributed by atoms with Gasteiger partial charge < -0.3 is 4.90 Å². The molecule has 1 aromatic heterocycles. The number of carbonyl (C=O) groups excluding carboxylic acids is 1. The predicted octanol–water partition coefficient (Wildman–Crippen LogP) is 3.11. The second-order valence-corrected chi connectivity index (χ2v) is 9.36. The Bertz CT molecular complexity index is 936. The van der Waals surface area contributed by atoms with Crippen LogP contribution in [0.4, 0.5) is 0 Å². The molecule has 2 aliphatic carbocycles. The van der Waals surface area contributed by atoms with Crippen LogP contribution in [0.2, 0.25) is 0 Å². The van der Waals surface area contributed by atoms with Crippen LogP contribution in [0.1, 0.15) is 54.4 Å². The SMILES string of the molecule is O=C(c1cccc(S(=O)(=O)NC2CCCC2)c1)N(Cc1ccncc1)C1CC1. The van der Waals surface area contributed by atoms with Crippen molar-refractivity contribution in [3.05, 3.63) is 59.9 Å². The second kappa shape index (κ2) is 8.01. The number of aromatic nitrogens is 1. The summed E-state index contributed by atoms with van der Waals surface area (Å²) in [5.41, 5.74) is 1.43. The van der Waals surface area contributed by atoms with Gasteiger partial charge in [0.2, 0.25) is 10.0 Å². The summed E-state index contributed by atoms with van der Waals surface area (Å²) in [6, 6.07) is 10.4. The third-order valence-electron chi connectivity index (χ3n) is 5.42. The molecule has 0 unspecified atom stereocenters. The van der Waals surface area contributed by atoms with Crippen molar-refractivity contribution in [1.82, 2.24) is 14.6 Å². The summed E-state index contributed by atoms with van der Waals surface area (Å²) in [5, 5.41) is 0. The highest BCUT2D eigenvalue weighted by Gasteiger charge is 2.33. The fourth-order valence-corrected chi connectivity index (χ4v) is 5.08. The van der Waals surface area contributed by atoms with E-state index in [9.17, 15) is 13.2 Å². The summed E-state index contributed by atoms with van der Waals surface area (Å²) in [7, 11) is -3.62. The summed E-state index contributed by atoms with van der Waals surface area (Å²) in [6.45, 7) is 0.503. The third-order valence-corrected chi connectivity index (χ3v) is 6.94. The molecule has 0 atom stereocenters. The minimum Gasteiger partial charge on any atom is -0.331 e. The molecule has 1 amide bonds. The molecule has 1 N–H and O–H groups in total. The predicted molar refractivity (Wildman–Crippen MR) is 106 cm³/mol. The number of hydrogen-bond donors (Lipinski definition) is 1. The molecule has 2 aromatic rings. The van der Waals surface area contributed by atoms with E-state index in [-0.39, 0.29) is 22.9 Å². The zero-order valence-corrected chi connectivity index (χ0v) is 16.6. The molecule has 0 saturated heterocycles. The molecule has 6 nitrogen and oxygen atoms in total. The van der Waals surface area contributed by atoms with Crippen molar-refractivity contribution in [2.45, 2.75) is 62.0 Å². The third kappa shape index (κ3) is 4.42. The molecule has 4 rings (SSSR count). The van der Waals surface area contributed by atoms with E-state index in [1.807, 2.05) is 17.0 Å². The van der Waals surface area contributed by atoms with E-state index in [0.717, 1.165) is 44.1 Å². The highest BCUT2D eigenvalue weighted by atomic mass is 32.2. The first kappa shape index (κ1) is 19.1. The van der Waals surface area contributed by atoms with E-state index >= 15 is 0 Å². The van der Waals surface area contributed by atoms with Crippen LogP contribution >= 0.6 is 0 Å². The Kier molecular flexibility index (Phi) is 5.46. The van der Waals surface area contributed by atoms with Crippen molar-refractivity contribution in [3.8, 4) is 0 Å². The van der Waals surface area contributed by atoms with Gasteiger partial charge >= 0.3 is 0 Å². The first-order chi connectivity index (χ1) is 13.5. The van der Waals surface area contributed by atoms with Crippen LogP contribution in [-0.4, -0.2) is 36.3 Å². The number of rotatable bonds is 7. The van der Waals surface area contributed by atoms with Crippen molar-refractivity contribution in [3.63, 3.8) is 0 Å². The van der Waals surface area contributed by atoms with Crippen LogP contribution in [0.3, 0.4) is 0 Å². The number of nitrogens with one attached hydrogen (secondary N) is 1. The van der Waals surface area contributed by atoms with Gasteiger partial charge in [-0.25, -0.2) is 13.1 Å². The summed E-state index contributed by atoms with van der Waals surface area (Å²) in [5.74, 6) is -0.128. The minimum absolute atomic E-state index is 0.000916. The zero-order valence-electron chi connectivity index (χ0n) is 15.8. The molecule has 0 radical (unpaired) electrons. The van der Waals surface area contributed by atoms with Crippen molar-refractivity contribution >= 4 is 15.9 Å². The molecule has 1 heterocycles. The highest BCUT2D eigenvalue weighted by molar-refractivity contribution is 7.89. The van der Waals surface area contributed by atoms with Crippen LogP contribution in [0.15, 0.2) is 53.7 Å². The second-order valence-electron chi connectivity index (χ2n) is 7.65. The van der Waals surface area contributed by atoms with Gasteiger partial charge in [-0.3, -0.25) is 9.78 Å². The van der Waals surface area contributed by atoms with E-state index < -0.39 is 10.0 Å². The maximum Gasteiger partial charge on any atom is 0.254 e. The molecular weight excluding hydrogens is 374 g/mol. The standard InChI is InChI=1S/C21H25N3O3S/c25-21(24(19-8-9-19)15-16-10-12-22-13-11-16)17-4-3-7-20(14-17)28(26,27)23-18-5-1-2-6-18/h3-4,7,10-14,18-19,23H,1-2,5-6,8-9,15H2. The Morgan fingerprint density at radius 2 is 1.79 bits per heavy atom. The number of hydrogen-bond acceptors (Lipinski definition) is 4.